The molecule has 4 aromatic rings. The highest BCUT2D eigenvalue weighted by atomic mass is 16.3. The molecule has 0 aliphatic carbocycles. The lowest BCUT2D eigenvalue weighted by molar-refractivity contribution is -0.135. The maximum atomic E-state index is 13.1. The lowest BCUT2D eigenvalue weighted by Crippen LogP contribution is -2.51. The van der Waals surface area contributed by atoms with E-state index in [2.05, 4.69) is 25.2 Å². The average molecular weight is 457 g/mol. The van der Waals surface area contributed by atoms with Gasteiger partial charge < -0.3 is 14.2 Å². The first kappa shape index (κ1) is 21.5. The van der Waals surface area contributed by atoms with Crippen molar-refractivity contribution >= 4 is 11.7 Å². The van der Waals surface area contributed by atoms with Gasteiger partial charge >= 0.3 is 0 Å². The molecule has 0 radical (unpaired) electrons. The first-order valence-corrected chi connectivity index (χ1v) is 11.0. The van der Waals surface area contributed by atoms with E-state index < -0.39 is 6.04 Å². The summed E-state index contributed by atoms with van der Waals surface area (Å²) >= 11 is 0. The third kappa shape index (κ3) is 4.29. The predicted octanol–water partition coefficient (Wildman–Crippen LogP) is 2.27. The molecule has 5 heterocycles. The standard InChI is InChI=1S/C24H23N7O3/c1-17(31-23(32)9-7-20(28-31)21-5-3-15-34-21)24(33)30-13-11-29(12-14-30)22-8-6-19(26-27-22)18-4-2-10-25-16-18/h2-10,15-17H,11-14H2,1H3. The number of piperazine rings is 1. The van der Waals surface area contributed by atoms with Gasteiger partial charge in [-0.25, -0.2) is 4.68 Å². The smallest absolute Gasteiger partial charge is 0.267 e. The van der Waals surface area contributed by atoms with Crippen LogP contribution >= 0.6 is 0 Å². The molecule has 0 bridgehead atoms. The second-order valence-corrected chi connectivity index (χ2v) is 7.99. The molecule has 0 N–H and O–H groups in total. The fourth-order valence-corrected chi connectivity index (χ4v) is 3.95. The molecular formula is C24H23N7O3. The van der Waals surface area contributed by atoms with E-state index in [-0.39, 0.29) is 11.5 Å². The van der Waals surface area contributed by atoms with Gasteiger partial charge in [0.25, 0.3) is 5.56 Å². The maximum absolute atomic E-state index is 13.1. The van der Waals surface area contributed by atoms with Crippen LogP contribution in [0.2, 0.25) is 0 Å². The molecule has 10 nitrogen and oxygen atoms in total. The number of rotatable bonds is 5. The van der Waals surface area contributed by atoms with Crippen LogP contribution in [0.25, 0.3) is 22.7 Å². The van der Waals surface area contributed by atoms with Crippen LogP contribution in [0.3, 0.4) is 0 Å². The van der Waals surface area contributed by atoms with Crippen molar-refractivity contribution in [2.24, 2.45) is 0 Å². The van der Waals surface area contributed by atoms with Crippen molar-refractivity contribution in [2.75, 3.05) is 31.1 Å². The summed E-state index contributed by atoms with van der Waals surface area (Å²) in [5.74, 6) is 1.15. The number of pyridine rings is 1. The molecule has 0 aromatic carbocycles. The van der Waals surface area contributed by atoms with Gasteiger partial charge in [0.2, 0.25) is 5.91 Å². The summed E-state index contributed by atoms with van der Waals surface area (Å²) in [5, 5.41) is 13.0. The zero-order valence-electron chi connectivity index (χ0n) is 18.6. The highest BCUT2D eigenvalue weighted by Gasteiger charge is 2.28. The summed E-state index contributed by atoms with van der Waals surface area (Å²) in [6.45, 7) is 3.96. The summed E-state index contributed by atoms with van der Waals surface area (Å²) in [4.78, 5) is 33.5. The Morgan fingerprint density at radius 2 is 1.79 bits per heavy atom. The van der Waals surface area contributed by atoms with Crippen LogP contribution in [0.4, 0.5) is 5.82 Å². The third-order valence-corrected chi connectivity index (χ3v) is 5.85. The maximum Gasteiger partial charge on any atom is 0.267 e. The second-order valence-electron chi connectivity index (χ2n) is 7.99. The molecule has 1 unspecified atom stereocenters. The number of nitrogens with zero attached hydrogens (tertiary/aromatic N) is 7. The summed E-state index contributed by atoms with van der Waals surface area (Å²) in [7, 11) is 0. The fraction of sp³-hybridized carbons (Fsp3) is 0.250. The van der Waals surface area contributed by atoms with Crippen molar-refractivity contribution in [3.05, 3.63) is 77.5 Å². The Bertz CT molecular complexity index is 1310. The van der Waals surface area contributed by atoms with E-state index in [0.717, 1.165) is 17.1 Å². The van der Waals surface area contributed by atoms with Crippen molar-refractivity contribution < 1.29 is 9.21 Å². The zero-order chi connectivity index (χ0) is 23.5. The monoisotopic (exact) mass is 457 g/mol. The zero-order valence-corrected chi connectivity index (χ0v) is 18.6. The Morgan fingerprint density at radius 3 is 2.47 bits per heavy atom. The van der Waals surface area contributed by atoms with Gasteiger partial charge in [-0.3, -0.25) is 14.6 Å². The van der Waals surface area contributed by atoms with Gasteiger partial charge in [-0.2, -0.15) is 5.10 Å². The van der Waals surface area contributed by atoms with Gasteiger partial charge in [0.1, 0.15) is 11.7 Å². The number of anilines is 1. The van der Waals surface area contributed by atoms with Crippen LogP contribution in [-0.2, 0) is 4.79 Å². The van der Waals surface area contributed by atoms with Crippen molar-refractivity contribution in [3.8, 4) is 22.7 Å². The molecular weight excluding hydrogens is 434 g/mol. The predicted molar refractivity (Wildman–Crippen MR) is 125 cm³/mol. The van der Waals surface area contributed by atoms with Gasteiger partial charge in [-0.1, -0.05) is 0 Å². The molecule has 4 aromatic heterocycles. The Kier molecular flexibility index (Phi) is 5.86. The highest BCUT2D eigenvalue weighted by Crippen LogP contribution is 2.20. The van der Waals surface area contributed by atoms with Crippen LogP contribution in [0, 0.1) is 0 Å². The van der Waals surface area contributed by atoms with E-state index in [4.69, 9.17) is 4.42 Å². The van der Waals surface area contributed by atoms with Crippen LogP contribution in [0.15, 0.2) is 76.4 Å². The number of carbonyl (C=O) groups is 1. The van der Waals surface area contributed by atoms with Crippen molar-refractivity contribution in [1.29, 1.82) is 0 Å². The number of furan rings is 1. The average Bonchev–Trinajstić information content (AvgIpc) is 3.44. The molecule has 1 fully saturated rings. The minimum absolute atomic E-state index is 0.149. The Balaban J connectivity index is 1.24. The topological polar surface area (TPSA) is 110 Å². The van der Waals surface area contributed by atoms with E-state index in [9.17, 15) is 9.59 Å². The van der Waals surface area contributed by atoms with Gasteiger partial charge in [-0.15, -0.1) is 10.2 Å². The van der Waals surface area contributed by atoms with E-state index in [1.165, 1.54) is 17.0 Å². The van der Waals surface area contributed by atoms with Crippen LogP contribution in [0.5, 0.6) is 0 Å². The molecule has 0 saturated carbocycles. The van der Waals surface area contributed by atoms with Crippen molar-refractivity contribution in [2.45, 2.75) is 13.0 Å². The van der Waals surface area contributed by atoms with Crippen LogP contribution < -0.4 is 10.5 Å². The van der Waals surface area contributed by atoms with Gasteiger partial charge in [-0.05, 0) is 49.4 Å². The molecule has 5 rings (SSSR count). The summed E-state index contributed by atoms with van der Waals surface area (Å²) < 4.78 is 6.58. The molecule has 34 heavy (non-hydrogen) atoms. The summed E-state index contributed by atoms with van der Waals surface area (Å²) in [6.07, 6.45) is 5.01. The largest absolute Gasteiger partial charge is 0.463 e. The summed E-state index contributed by atoms with van der Waals surface area (Å²) in [6, 6.07) is 13.4. The van der Waals surface area contributed by atoms with Gasteiger partial charge in [0.15, 0.2) is 11.6 Å². The second kappa shape index (κ2) is 9.26. The first-order chi connectivity index (χ1) is 16.6. The van der Waals surface area contributed by atoms with Gasteiger partial charge in [0, 0.05) is 50.2 Å². The molecule has 1 aliphatic rings. The lowest BCUT2D eigenvalue weighted by Gasteiger charge is -2.36. The molecule has 0 spiro atoms. The lowest BCUT2D eigenvalue weighted by atomic mass is 10.2. The highest BCUT2D eigenvalue weighted by molar-refractivity contribution is 5.80. The quantitative estimate of drug-likeness (QED) is 0.449. The Hall–Kier alpha value is -4.34. The van der Waals surface area contributed by atoms with E-state index >= 15 is 0 Å². The van der Waals surface area contributed by atoms with Crippen molar-refractivity contribution in [1.82, 2.24) is 29.9 Å². The van der Waals surface area contributed by atoms with E-state index in [1.54, 1.807) is 42.4 Å². The number of aromatic nitrogens is 5. The normalized spacial score (nSPS) is 14.7. The van der Waals surface area contributed by atoms with Crippen molar-refractivity contribution in [3.63, 3.8) is 0 Å². The fourth-order valence-electron chi connectivity index (χ4n) is 3.95. The van der Waals surface area contributed by atoms with Crippen LogP contribution in [-0.4, -0.2) is 61.9 Å². The number of hydrogen-bond donors (Lipinski definition) is 0. The Labute approximate surface area is 195 Å². The van der Waals surface area contributed by atoms with E-state index in [1.807, 2.05) is 24.3 Å². The molecule has 10 heteroatoms. The minimum atomic E-state index is -0.729. The first-order valence-electron chi connectivity index (χ1n) is 11.0. The molecule has 1 amide bonds. The number of amides is 1. The molecule has 1 saturated heterocycles. The minimum Gasteiger partial charge on any atom is -0.463 e. The van der Waals surface area contributed by atoms with Gasteiger partial charge in [0.05, 0.1) is 12.0 Å². The van der Waals surface area contributed by atoms with Crippen LogP contribution in [0.1, 0.15) is 13.0 Å². The Morgan fingerprint density at radius 1 is 0.971 bits per heavy atom. The molecule has 1 aliphatic heterocycles. The SMILES string of the molecule is CC(C(=O)N1CCN(c2ccc(-c3cccnc3)nn2)CC1)n1nc(-c2ccco2)ccc1=O. The molecule has 172 valence electrons. The van der Waals surface area contributed by atoms with E-state index in [0.29, 0.717) is 37.6 Å². The summed E-state index contributed by atoms with van der Waals surface area (Å²) in [5.41, 5.74) is 1.83. The number of carbonyl (C=O) groups excluding carboxylic acids is 1. The third-order valence-electron chi connectivity index (χ3n) is 5.85. The molecule has 1 atom stereocenters. The number of hydrogen-bond acceptors (Lipinski definition) is 8.